The largest absolute Gasteiger partial charge is 0.394 e. The number of fused-ring (bicyclic) bond motifs is 7. The molecule has 14 nitrogen and oxygen atoms in total. The first-order chi connectivity index (χ1) is 25.2. The summed E-state index contributed by atoms with van der Waals surface area (Å²) >= 11 is 0. The number of rotatable bonds is 6. The van der Waals surface area contributed by atoms with Gasteiger partial charge in [0.2, 0.25) is 0 Å². The van der Waals surface area contributed by atoms with Crippen LogP contribution < -0.4 is 0 Å². The fourth-order valence-electron chi connectivity index (χ4n) is 13.3. The summed E-state index contributed by atoms with van der Waals surface area (Å²) in [6, 6.07) is 0. The van der Waals surface area contributed by atoms with E-state index in [-0.39, 0.29) is 29.0 Å². The van der Waals surface area contributed by atoms with Crippen LogP contribution >= 0.6 is 0 Å². The minimum Gasteiger partial charge on any atom is -0.394 e. The second kappa shape index (κ2) is 14.4. The Balaban J connectivity index is 0.911. The van der Waals surface area contributed by atoms with Gasteiger partial charge in [-0.05, 0) is 97.7 Å². The van der Waals surface area contributed by atoms with Crippen LogP contribution in [0.2, 0.25) is 0 Å². The predicted molar refractivity (Wildman–Crippen MR) is 184 cm³/mol. The Hall–Kier alpha value is -0.560. The number of hydrogen-bond donors (Lipinski definition) is 8. The molecule has 23 atom stereocenters. The summed E-state index contributed by atoms with van der Waals surface area (Å²) in [6.45, 7) is 8.93. The molecule has 8 N–H and O–H groups in total. The Morgan fingerprint density at radius 2 is 1.34 bits per heavy atom. The van der Waals surface area contributed by atoms with Gasteiger partial charge in [0, 0.05) is 12.3 Å². The van der Waals surface area contributed by atoms with E-state index in [1.807, 2.05) is 0 Å². The lowest BCUT2D eigenvalue weighted by molar-refractivity contribution is -0.364. The fraction of sp³-hybridized carbons (Fsp3) is 1.00. The maximum atomic E-state index is 11.9. The average molecular weight is 757 g/mol. The SMILES string of the molecule is CC1CCC2(OC1)OC1CC3C4CC(O)C5CC(OC6OC(CO)C(OC7OC(CO)C(O)C(O)C7O)C(O)C6O)CCC5(C)C4CCC3(C)C1C2C. The zero-order valence-corrected chi connectivity index (χ0v) is 31.6. The fourth-order valence-corrected chi connectivity index (χ4v) is 13.3. The van der Waals surface area contributed by atoms with Crippen LogP contribution in [0.3, 0.4) is 0 Å². The molecule has 8 fully saturated rings. The Kier molecular flexibility index (Phi) is 10.6. The van der Waals surface area contributed by atoms with E-state index >= 15 is 0 Å². The van der Waals surface area contributed by atoms with Crippen molar-refractivity contribution in [2.45, 2.75) is 171 Å². The van der Waals surface area contributed by atoms with E-state index in [1.54, 1.807) is 0 Å². The van der Waals surface area contributed by atoms with E-state index < -0.39 is 86.5 Å². The Morgan fingerprint density at radius 1 is 0.660 bits per heavy atom. The maximum absolute atomic E-state index is 11.9. The van der Waals surface area contributed by atoms with E-state index in [9.17, 15) is 40.9 Å². The Labute approximate surface area is 312 Å². The molecule has 0 bridgehead atoms. The average Bonchev–Trinajstić information content (AvgIpc) is 3.59. The first-order valence-electron chi connectivity index (χ1n) is 20.4. The monoisotopic (exact) mass is 756 g/mol. The first-order valence-corrected chi connectivity index (χ1v) is 20.4. The van der Waals surface area contributed by atoms with E-state index in [2.05, 4.69) is 27.7 Å². The third-order valence-corrected chi connectivity index (χ3v) is 16.2. The number of aliphatic hydroxyl groups is 8. The number of aliphatic hydroxyl groups excluding tert-OH is 8. The van der Waals surface area contributed by atoms with Gasteiger partial charge in [-0.25, -0.2) is 0 Å². The number of ether oxygens (including phenoxy) is 6. The molecule has 0 aromatic heterocycles. The molecule has 0 amide bonds. The summed E-state index contributed by atoms with van der Waals surface area (Å²) in [6.07, 6.45) is -7.41. The molecule has 0 aromatic carbocycles. The van der Waals surface area contributed by atoms with E-state index in [0.29, 0.717) is 48.3 Å². The van der Waals surface area contributed by atoms with Crippen LogP contribution in [-0.2, 0) is 28.4 Å². The zero-order chi connectivity index (χ0) is 37.8. The van der Waals surface area contributed by atoms with Crippen molar-refractivity contribution in [3.63, 3.8) is 0 Å². The second-order valence-electron chi connectivity index (χ2n) is 18.8. The van der Waals surface area contributed by atoms with Gasteiger partial charge in [0.05, 0.1) is 38.1 Å². The first kappa shape index (κ1) is 39.3. The van der Waals surface area contributed by atoms with Gasteiger partial charge in [-0.3, -0.25) is 0 Å². The van der Waals surface area contributed by atoms with Crippen LogP contribution in [0.1, 0.15) is 85.5 Å². The normalized spacial score (nSPS) is 59.5. The van der Waals surface area contributed by atoms with Crippen molar-refractivity contribution in [1.29, 1.82) is 0 Å². The minimum absolute atomic E-state index is 0.00889. The highest BCUT2D eigenvalue weighted by Crippen LogP contribution is 2.71. The van der Waals surface area contributed by atoms with Crippen molar-refractivity contribution in [2.75, 3.05) is 19.8 Å². The van der Waals surface area contributed by atoms with Crippen LogP contribution in [0.15, 0.2) is 0 Å². The molecule has 53 heavy (non-hydrogen) atoms. The minimum atomic E-state index is -1.74. The van der Waals surface area contributed by atoms with Crippen LogP contribution in [-0.4, -0.2) is 146 Å². The Bertz CT molecular complexity index is 1290. The molecule has 4 aliphatic carbocycles. The predicted octanol–water partition coefficient (Wildman–Crippen LogP) is 0.413. The van der Waals surface area contributed by atoms with Gasteiger partial charge >= 0.3 is 0 Å². The van der Waals surface area contributed by atoms with E-state index in [4.69, 9.17) is 28.4 Å². The molecule has 8 rings (SSSR count). The van der Waals surface area contributed by atoms with Gasteiger partial charge in [0.25, 0.3) is 0 Å². The highest BCUT2D eigenvalue weighted by atomic mass is 16.7. The third kappa shape index (κ3) is 6.20. The van der Waals surface area contributed by atoms with Crippen molar-refractivity contribution in [3.8, 4) is 0 Å². The van der Waals surface area contributed by atoms with Crippen molar-refractivity contribution in [1.82, 2.24) is 0 Å². The molecule has 1 spiro atoms. The van der Waals surface area contributed by atoms with Crippen LogP contribution in [0.25, 0.3) is 0 Å². The lowest BCUT2D eigenvalue weighted by atomic mass is 9.43. The lowest BCUT2D eigenvalue weighted by Gasteiger charge is -2.62. The molecule has 14 heteroatoms. The van der Waals surface area contributed by atoms with Crippen LogP contribution in [0.5, 0.6) is 0 Å². The van der Waals surface area contributed by atoms with Crippen molar-refractivity contribution in [3.05, 3.63) is 0 Å². The second-order valence-corrected chi connectivity index (χ2v) is 18.8. The maximum Gasteiger partial charge on any atom is 0.187 e. The van der Waals surface area contributed by atoms with Gasteiger partial charge in [0.1, 0.15) is 48.8 Å². The zero-order valence-electron chi connectivity index (χ0n) is 31.6. The van der Waals surface area contributed by atoms with E-state index in [0.717, 1.165) is 51.6 Å². The summed E-state index contributed by atoms with van der Waals surface area (Å²) in [5, 5.41) is 84.7. The summed E-state index contributed by atoms with van der Waals surface area (Å²) < 4.78 is 36.8. The highest BCUT2D eigenvalue weighted by Gasteiger charge is 2.70. The van der Waals surface area contributed by atoms with Crippen molar-refractivity contribution < 1.29 is 69.3 Å². The molecule has 0 aromatic rings. The summed E-state index contributed by atoms with van der Waals surface area (Å²) in [5.41, 5.74) is 0.0639. The quantitative estimate of drug-likeness (QED) is 0.173. The van der Waals surface area contributed by atoms with Gasteiger partial charge in [-0.2, -0.15) is 0 Å². The third-order valence-electron chi connectivity index (χ3n) is 16.2. The van der Waals surface area contributed by atoms with Gasteiger partial charge in [0.15, 0.2) is 18.4 Å². The molecular weight excluding hydrogens is 692 g/mol. The molecule has 4 saturated carbocycles. The summed E-state index contributed by atoms with van der Waals surface area (Å²) in [5.74, 6) is 2.28. The summed E-state index contributed by atoms with van der Waals surface area (Å²) in [7, 11) is 0. The van der Waals surface area contributed by atoms with Crippen LogP contribution in [0, 0.1) is 52.3 Å². The summed E-state index contributed by atoms with van der Waals surface area (Å²) in [4.78, 5) is 0. The molecule has 4 aliphatic heterocycles. The van der Waals surface area contributed by atoms with E-state index in [1.165, 1.54) is 0 Å². The molecule has 23 unspecified atom stereocenters. The molecule has 4 saturated heterocycles. The molecular formula is C39H64O14. The standard InChI is InChI=1S/C39H64O14/c1-17-5-10-39(48-16-17)18(2)28-25(53-39)13-22-20-12-24(42)23-11-19(6-8-37(23,3)21(20)7-9-38(22,28)4)49-35-33(47)31(45)34(27(15-41)51-35)52-36-32(46)30(44)29(43)26(14-40)50-36/h17-36,40-47H,5-16H2,1-4H3. The number of hydrogen-bond acceptors (Lipinski definition) is 14. The van der Waals surface area contributed by atoms with Gasteiger partial charge in [-0.15, -0.1) is 0 Å². The molecule has 0 radical (unpaired) electrons. The van der Waals surface area contributed by atoms with Crippen molar-refractivity contribution in [2.24, 2.45) is 52.3 Å². The van der Waals surface area contributed by atoms with Crippen molar-refractivity contribution >= 4 is 0 Å². The molecule has 304 valence electrons. The highest BCUT2D eigenvalue weighted by molar-refractivity contribution is 5.16. The van der Waals surface area contributed by atoms with Crippen LogP contribution in [0.4, 0.5) is 0 Å². The topological polar surface area (TPSA) is 217 Å². The molecule has 8 aliphatic rings. The van der Waals surface area contributed by atoms with Gasteiger partial charge < -0.3 is 69.3 Å². The molecule has 4 heterocycles. The lowest BCUT2D eigenvalue weighted by Crippen LogP contribution is -2.65. The Morgan fingerprint density at radius 3 is 2.04 bits per heavy atom. The van der Waals surface area contributed by atoms with Gasteiger partial charge in [-0.1, -0.05) is 27.7 Å². The smallest absolute Gasteiger partial charge is 0.187 e.